The Hall–Kier alpha value is -2.63. The van der Waals surface area contributed by atoms with E-state index in [0.717, 1.165) is 5.52 Å². The van der Waals surface area contributed by atoms with E-state index >= 15 is 0 Å². The molecule has 1 heterocycles. The van der Waals surface area contributed by atoms with Crippen LogP contribution in [0.3, 0.4) is 0 Å². The number of benzene rings is 1. The maximum atomic E-state index is 12.3. The van der Waals surface area contributed by atoms with Gasteiger partial charge in [0.2, 0.25) is 0 Å². The second kappa shape index (κ2) is 8.29. The van der Waals surface area contributed by atoms with Gasteiger partial charge in [-0.1, -0.05) is 18.2 Å². The molecule has 0 aliphatic rings. The zero-order chi connectivity index (χ0) is 17.5. The van der Waals surface area contributed by atoms with Crippen LogP contribution in [-0.2, 0) is 20.8 Å². The molecule has 0 saturated heterocycles. The molecular formula is C18H21NO5. The number of para-hydroxylation sites is 1. The van der Waals surface area contributed by atoms with Crippen molar-refractivity contribution < 1.29 is 23.9 Å². The van der Waals surface area contributed by atoms with Crippen molar-refractivity contribution in [1.29, 1.82) is 0 Å². The number of nitrogens with zero attached hydrogens (tertiary/aromatic N) is 1. The number of hydrogen-bond acceptors (Lipinski definition) is 5. The first kappa shape index (κ1) is 17.7. The Bertz CT molecular complexity index is 747. The summed E-state index contributed by atoms with van der Waals surface area (Å²) < 4.78 is 11.8. The quantitative estimate of drug-likeness (QED) is 0.549. The molecule has 0 radical (unpaired) electrons. The fraction of sp³-hybridized carbons (Fsp3) is 0.389. The summed E-state index contributed by atoms with van der Waals surface area (Å²) in [7, 11) is 0. The van der Waals surface area contributed by atoms with Crippen molar-refractivity contribution in [1.82, 2.24) is 4.57 Å². The summed E-state index contributed by atoms with van der Waals surface area (Å²) in [6.07, 6.45) is 1.43. The van der Waals surface area contributed by atoms with E-state index in [1.807, 2.05) is 18.2 Å². The first-order valence-electron chi connectivity index (χ1n) is 8.03. The summed E-state index contributed by atoms with van der Waals surface area (Å²) in [5.41, 5.74) is 1.32. The van der Waals surface area contributed by atoms with Crippen LogP contribution >= 0.6 is 0 Å². The molecule has 0 unspecified atom stereocenters. The molecule has 2 rings (SSSR count). The van der Waals surface area contributed by atoms with E-state index < -0.39 is 5.97 Å². The van der Waals surface area contributed by atoms with Crippen LogP contribution in [0.15, 0.2) is 24.3 Å². The van der Waals surface area contributed by atoms with Crippen LogP contribution < -0.4 is 0 Å². The molecule has 0 aliphatic carbocycles. The van der Waals surface area contributed by atoms with E-state index in [4.69, 9.17) is 9.47 Å². The number of aromatic nitrogens is 1. The van der Waals surface area contributed by atoms with Crippen LogP contribution in [0.2, 0.25) is 0 Å². The number of fused-ring (bicyclic) bond motifs is 1. The van der Waals surface area contributed by atoms with Crippen LogP contribution in [0.5, 0.6) is 0 Å². The third kappa shape index (κ3) is 3.64. The summed E-state index contributed by atoms with van der Waals surface area (Å²) in [6, 6.07) is 7.29. The second-order valence-corrected chi connectivity index (χ2v) is 5.18. The SMILES string of the molecule is CCOC(=O)CCCn1c(C(=O)OCC)c(C=O)c2ccccc21. The fourth-order valence-electron chi connectivity index (χ4n) is 2.72. The van der Waals surface area contributed by atoms with Crippen molar-refractivity contribution in [2.45, 2.75) is 33.2 Å². The Morgan fingerprint density at radius 3 is 2.50 bits per heavy atom. The first-order chi connectivity index (χ1) is 11.6. The standard InChI is InChI=1S/C18H21NO5/c1-3-23-16(21)10-7-11-19-15-9-6-5-8-13(15)14(12-20)17(19)18(22)24-4-2/h5-6,8-9,12H,3-4,7,10-11H2,1-2H3. The lowest BCUT2D eigenvalue weighted by Crippen LogP contribution is -2.15. The number of hydrogen-bond donors (Lipinski definition) is 0. The molecule has 1 aromatic carbocycles. The number of aldehydes is 1. The van der Waals surface area contributed by atoms with Crippen LogP contribution in [0.4, 0.5) is 0 Å². The summed E-state index contributed by atoms with van der Waals surface area (Å²) in [6.45, 7) is 4.45. The summed E-state index contributed by atoms with van der Waals surface area (Å²) >= 11 is 0. The monoisotopic (exact) mass is 331 g/mol. The van der Waals surface area contributed by atoms with E-state index in [9.17, 15) is 14.4 Å². The molecule has 0 N–H and O–H groups in total. The number of rotatable bonds is 8. The van der Waals surface area contributed by atoms with Crippen molar-refractivity contribution in [3.8, 4) is 0 Å². The van der Waals surface area contributed by atoms with E-state index in [-0.39, 0.29) is 24.7 Å². The van der Waals surface area contributed by atoms with Crippen LogP contribution in [-0.4, -0.2) is 36.0 Å². The lowest BCUT2D eigenvalue weighted by atomic mass is 10.1. The Morgan fingerprint density at radius 1 is 1.12 bits per heavy atom. The van der Waals surface area contributed by atoms with Gasteiger partial charge < -0.3 is 14.0 Å². The van der Waals surface area contributed by atoms with Crippen molar-refractivity contribution in [3.05, 3.63) is 35.5 Å². The molecule has 1 aromatic heterocycles. The number of carbonyl (C=O) groups is 3. The van der Waals surface area contributed by atoms with Gasteiger partial charge in [0.15, 0.2) is 6.29 Å². The molecule has 0 fully saturated rings. The number of ether oxygens (including phenoxy) is 2. The maximum Gasteiger partial charge on any atom is 0.355 e. The van der Waals surface area contributed by atoms with Crippen LogP contribution in [0.1, 0.15) is 47.5 Å². The predicted octanol–water partition coefficient (Wildman–Crippen LogP) is 2.97. The van der Waals surface area contributed by atoms with E-state index in [1.165, 1.54) is 0 Å². The van der Waals surface area contributed by atoms with Crippen molar-refractivity contribution in [3.63, 3.8) is 0 Å². The van der Waals surface area contributed by atoms with Gasteiger partial charge in [-0.25, -0.2) is 4.79 Å². The lowest BCUT2D eigenvalue weighted by Gasteiger charge is -2.10. The van der Waals surface area contributed by atoms with Gasteiger partial charge in [-0.2, -0.15) is 0 Å². The van der Waals surface area contributed by atoms with E-state index in [2.05, 4.69) is 0 Å². The molecule has 0 atom stereocenters. The van der Waals surface area contributed by atoms with Gasteiger partial charge in [-0.3, -0.25) is 9.59 Å². The van der Waals surface area contributed by atoms with Crippen molar-refractivity contribution >= 4 is 29.1 Å². The lowest BCUT2D eigenvalue weighted by molar-refractivity contribution is -0.143. The minimum Gasteiger partial charge on any atom is -0.466 e. The van der Waals surface area contributed by atoms with Gasteiger partial charge in [0.05, 0.1) is 18.8 Å². The Kier molecular flexibility index (Phi) is 6.12. The van der Waals surface area contributed by atoms with Crippen molar-refractivity contribution in [2.24, 2.45) is 0 Å². The fourth-order valence-corrected chi connectivity index (χ4v) is 2.72. The van der Waals surface area contributed by atoms with Crippen LogP contribution in [0.25, 0.3) is 10.9 Å². The number of esters is 2. The minimum atomic E-state index is -0.535. The highest BCUT2D eigenvalue weighted by Gasteiger charge is 2.23. The van der Waals surface area contributed by atoms with Crippen LogP contribution in [0, 0.1) is 0 Å². The second-order valence-electron chi connectivity index (χ2n) is 5.18. The Morgan fingerprint density at radius 2 is 1.83 bits per heavy atom. The predicted molar refractivity (Wildman–Crippen MR) is 89.1 cm³/mol. The summed E-state index contributed by atoms with van der Waals surface area (Å²) in [5.74, 6) is -0.811. The topological polar surface area (TPSA) is 74.6 Å². The third-order valence-corrected chi connectivity index (χ3v) is 3.66. The normalized spacial score (nSPS) is 10.6. The maximum absolute atomic E-state index is 12.3. The van der Waals surface area contributed by atoms with Gasteiger partial charge in [-0.05, 0) is 26.3 Å². The van der Waals surface area contributed by atoms with Gasteiger partial charge in [0.25, 0.3) is 0 Å². The summed E-state index contributed by atoms with van der Waals surface area (Å²) in [4.78, 5) is 35.4. The molecule has 0 saturated carbocycles. The van der Waals surface area contributed by atoms with E-state index in [1.54, 1.807) is 24.5 Å². The Balaban J connectivity index is 2.38. The zero-order valence-electron chi connectivity index (χ0n) is 13.9. The summed E-state index contributed by atoms with van der Waals surface area (Å²) in [5, 5.41) is 0.701. The zero-order valence-corrected chi connectivity index (χ0v) is 13.9. The highest BCUT2D eigenvalue weighted by Crippen LogP contribution is 2.26. The molecule has 128 valence electrons. The highest BCUT2D eigenvalue weighted by atomic mass is 16.5. The van der Waals surface area contributed by atoms with Gasteiger partial charge in [0.1, 0.15) is 5.69 Å². The Labute approximate surface area is 140 Å². The molecule has 0 bridgehead atoms. The molecule has 2 aromatic rings. The molecule has 6 nitrogen and oxygen atoms in total. The minimum absolute atomic E-state index is 0.224. The average molecular weight is 331 g/mol. The number of carbonyl (C=O) groups excluding carboxylic acids is 3. The molecule has 6 heteroatoms. The average Bonchev–Trinajstić information content (AvgIpc) is 2.89. The molecular weight excluding hydrogens is 310 g/mol. The van der Waals surface area contributed by atoms with E-state index in [0.29, 0.717) is 36.8 Å². The number of aryl methyl sites for hydroxylation is 1. The highest BCUT2D eigenvalue weighted by molar-refractivity contribution is 6.08. The smallest absolute Gasteiger partial charge is 0.355 e. The largest absolute Gasteiger partial charge is 0.466 e. The molecule has 24 heavy (non-hydrogen) atoms. The first-order valence-corrected chi connectivity index (χ1v) is 8.03. The van der Waals surface area contributed by atoms with Gasteiger partial charge in [0, 0.05) is 23.9 Å². The van der Waals surface area contributed by atoms with Gasteiger partial charge in [-0.15, -0.1) is 0 Å². The molecule has 0 aliphatic heterocycles. The van der Waals surface area contributed by atoms with Gasteiger partial charge >= 0.3 is 11.9 Å². The molecule has 0 spiro atoms. The third-order valence-electron chi connectivity index (χ3n) is 3.66. The van der Waals surface area contributed by atoms with Crippen molar-refractivity contribution in [2.75, 3.05) is 13.2 Å². The molecule has 0 amide bonds.